The molecular formula is C8H8N2O4. The lowest BCUT2D eigenvalue weighted by atomic mass is 10.1. The fourth-order valence-corrected chi connectivity index (χ4v) is 1.34. The first kappa shape index (κ1) is 8.89. The van der Waals surface area contributed by atoms with Crippen molar-refractivity contribution < 1.29 is 14.6 Å². The second-order valence-electron chi connectivity index (χ2n) is 2.95. The number of carbonyl (C=O) groups is 1. The number of aromatic nitrogens is 2. The molecule has 0 saturated heterocycles. The van der Waals surface area contributed by atoms with Crippen molar-refractivity contribution in [2.45, 2.75) is 13.0 Å². The molecule has 2 rings (SSSR count). The van der Waals surface area contributed by atoms with Gasteiger partial charge in [-0.25, -0.2) is 9.78 Å². The molecule has 0 saturated carbocycles. The first-order chi connectivity index (χ1) is 6.68. The van der Waals surface area contributed by atoms with Crippen LogP contribution in [0.3, 0.4) is 0 Å². The predicted molar refractivity (Wildman–Crippen MR) is 45.2 cm³/mol. The largest absolute Gasteiger partial charge is 0.475 e. The van der Waals surface area contributed by atoms with Gasteiger partial charge >= 0.3 is 5.97 Å². The molecule has 0 aliphatic carbocycles. The Hall–Kier alpha value is -1.69. The molecule has 2 N–H and O–H groups in total. The number of carboxylic acid groups (broad SMARTS) is 1. The Kier molecular flexibility index (Phi) is 2.05. The van der Waals surface area contributed by atoms with Crippen LogP contribution >= 0.6 is 0 Å². The number of H-pyrrole nitrogens is 1. The van der Waals surface area contributed by atoms with Gasteiger partial charge in [-0.15, -0.1) is 0 Å². The average molecular weight is 196 g/mol. The van der Waals surface area contributed by atoms with E-state index < -0.39 is 11.5 Å². The minimum atomic E-state index is -1.23. The van der Waals surface area contributed by atoms with Crippen LogP contribution in [0.4, 0.5) is 0 Å². The molecule has 1 aliphatic heterocycles. The number of hydrogen-bond acceptors (Lipinski definition) is 4. The molecular weight excluding hydrogens is 188 g/mol. The molecule has 1 aliphatic rings. The van der Waals surface area contributed by atoms with E-state index in [4.69, 9.17) is 9.84 Å². The van der Waals surface area contributed by atoms with Crippen molar-refractivity contribution in [2.75, 3.05) is 6.61 Å². The summed E-state index contributed by atoms with van der Waals surface area (Å²) in [6.45, 7) is 0.681. The number of carboxylic acids is 1. The highest BCUT2D eigenvalue weighted by Crippen LogP contribution is 2.09. The molecule has 0 bridgehead atoms. The molecule has 0 spiro atoms. The van der Waals surface area contributed by atoms with Crippen molar-refractivity contribution in [1.82, 2.24) is 9.97 Å². The van der Waals surface area contributed by atoms with Crippen molar-refractivity contribution in [3.63, 3.8) is 0 Å². The van der Waals surface area contributed by atoms with Gasteiger partial charge in [0.1, 0.15) is 0 Å². The van der Waals surface area contributed by atoms with Crippen molar-refractivity contribution >= 4 is 5.97 Å². The van der Waals surface area contributed by atoms with E-state index in [1.54, 1.807) is 0 Å². The Morgan fingerprint density at radius 2 is 2.36 bits per heavy atom. The van der Waals surface area contributed by atoms with Crippen LogP contribution in [0.2, 0.25) is 0 Å². The zero-order chi connectivity index (χ0) is 10.1. The maximum absolute atomic E-state index is 11.4. The molecule has 0 unspecified atom stereocenters. The summed E-state index contributed by atoms with van der Waals surface area (Å²) in [4.78, 5) is 28.0. The lowest BCUT2D eigenvalue weighted by Gasteiger charge is -2.14. The summed E-state index contributed by atoms with van der Waals surface area (Å²) in [7, 11) is 0. The number of rotatable bonds is 1. The highest BCUT2D eigenvalue weighted by molar-refractivity contribution is 5.83. The molecule has 6 heteroatoms. The highest BCUT2D eigenvalue weighted by Gasteiger charge is 2.17. The van der Waals surface area contributed by atoms with Crippen LogP contribution in [-0.2, 0) is 17.8 Å². The summed E-state index contributed by atoms with van der Waals surface area (Å²) in [5.41, 5.74) is 0.533. The number of aromatic carboxylic acids is 1. The molecule has 0 radical (unpaired) electrons. The molecule has 14 heavy (non-hydrogen) atoms. The van der Waals surface area contributed by atoms with Crippen LogP contribution in [0.25, 0.3) is 0 Å². The van der Waals surface area contributed by atoms with Crippen LogP contribution in [0.15, 0.2) is 4.79 Å². The number of hydrogen-bond donors (Lipinski definition) is 2. The molecule has 0 amide bonds. The van der Waals surface area contributed by atoms with Gasteiger partial charge in [0.05, 0.1) is 24.5 Å². The summed E-state index contributed by atoms with van der Waals surface area (Å²) in [6, 6.07) is 0. The first-order valence-electron chi connectivity index (χ1n) is 4.11. The van der Waals surface area contributed by atoms with E-state index in [0.29, 0.717) is 24.3 Å². The topological polar surface area (TPSA) is 92.3 Å². The Morgan fingerprint density at radius 1 is 1.57 bits per heavy atom. The molecule has 0 fully saturated rings. The van der Waals surface area contributed by atoms with Gasteiger partial charge in [-0.2, -0.15) is 0 Å². The number of aromatic amines is 1. The van der Waals surface area contributed by atoms with Gasteiger partial charge in [0.15, 0.2) is 0 Å². The van der Waals surface area contributed by atoms with Crippen molar-refractivity contribution in [2.24, 2.45) is 0 Å². The fraction of sp³-hybridized carbons (Fsp3) is 0.375. The lowest BCUT2D eigenvalue weighted by Crippen LogP contribution is -2.26. The Labute approximate surface area is 78.6 Å². The van der Waals surface area contributed by atoms with Crippen LogP contribution in [-0.4, -0.2) is 27.7 Å². The second-order valence-corrected chi connectivity index (χ2v) is 2.95. The quantitative estimate of drug-likeness (QED) is 0.634. The summed E-state index contributed by atoms with van der Waals surface area (Å²) in [6.07, 6.45) is 0.486. The third kappa shape index (κ3) is 1.39. The van der Waals surface area contributed by atoms with Crippen LogP contribution in [0.1, 0.15) is 21.9 Å². The molecule has 74 valence electrons. The minimum absolute atomic E-state index is 0.206. The van der Waals surface area contributed by atoms with Gasteiger partial charge in [0, 0.05) is 6.42 Å². The van der Waals surface area contributed by atoms with E-state index in [1.165, 1.54) is 0 Å². The number of nitrogens with one attached hydrogen (secondary N) is 1. The summed E-state index contributed by atoms with van der Waals surface area (Å²) < 4.78 is 5.07. The fourth-order valence-electron chi connectivity index (χ4n) is 1.34. The molecule has 1 aromatic heterocycles. The zero-order valence-electron chi connectivity index (χ0n) is 7.24. The second kappa shape index (κ2) is 3.22. The SMILES string of the molecule is O=C(O)c1nc2c(c(=O)[nH]1)COCC2. The van der Waals surface area contributed by atoms with E-state index in [-0.39, 0.29) is 12.4 Å². The van der Waals surface area contributed by atoms with Gasteiger partial charge in [0.2, 0.25) is 5.82 Å². The molecule has 1 aromatic rings. The first-order valence-corrected chi connectivity index (χ1v) is 4.11. The van der Waals surface area contributed by atoms with Gasteiger partial charge in [-0.3, -0.25) is 4.79 Å². The minimum Gasteiger partial charge on any atom is -0.475 e. The van der Waals surface area contributed by atoms with Crippen LogP contribution < -0.4 is 5.56 Å². The summed E-state index contributed by atoms with van der Waals surface area (Å²) in [5, 5.41) is 8.65. The number of fused-ring (bicyclic) bond motifs is 1. The third-order valence-corrected chi connectivity index (χ3v) is 2.03. The maximum Gasteiger partial charge on any atom is 0.372 e. The van der Waals surface area contributed by atoms with Gasteiger partial charge < -0.3 is 14.8 Å². The van der Waals surface area contributed by atoms with Crippen molar-refractivity contribution in [3.05, 3.63) is 27.4 Å². The van der Waals surface area contributed by atoms with E-state index in [1.807, 2.05) is 0 Å². The zero-order valence-corrected chi connectivity index (χ0v) is 7.24. The Bertz CT molecular complexity index is 437. The Balaban J connectivity index is 2.57. The standard InChI is InChI=1S/C8H8N2O4/c11-7-4-3-14-2-1-5(4)9-6(10-7)8(12)13/h1-3H2,(H,12,13)(H,9,10,11). The van der Waals surface area contributed by atoms with Crippen molar-refractivity contribution in [3.8, 4) is 0 Å². The maximum atomic E-state index is 11.4. The molecule has 0 atom stereocenters. The van der Waals surface area contributed by atoms with Gasteiger partial charge in [-0.1, -0.05) is 0 Å². The lowest BCUT2D eigenvalue weighted by molar-refractivity contribution is 0.0679. The van der Waals surface area contributed by atoms with Crippen molar-refractivity contribution in [1.29, 1.82) is 0 Å². The smallest absolute Gasteiger partial charge is 0.372 e. The normalized spacial score (nSPS) is 14.9. The van der Waals surface area contributed by atoms with E-state index in [2.05, 4.69) is 9.97 Å². The predicted octanol–water partition coefficient (Wildman–Crippen LogP) is -0.459. The van der Waals surface area contributed by atoms with Gasteiger partial charge in [-0.05, 0) is 0 Å². The molecule has 6 nitrogen and oxygen atoms in total. The van der Waals surface area contributed by atoms with Crippen LogP contribution in [0.5, 0.6) is 0 Å². The molecule has 2 heterocycles. The number of nitrogens with zero attached hydrogens (tertiary/aromatic N) is 1. The molecule has 0 aromatic carbocycles. The van der Waals surface area contributed by atoms with E-state index in [9.17, 15) is 9.59 Å². The highest BCUT2D eigenvalue weighted by atomic mass is 16.5. The van der Waals surface area contributed by atoms with Gasteiger partial charge in [0.25, 0.3) is 5.56 Å². The monoisotopic (exact) mass is 196 g/mol. The average Bonchev–Trinajstić information content (AvgIpc) is 2.17. The van der Waals surface area contributed by atoms with E-state index >= 15 is 0 Å². The van der Waals surface area contributed by atoms with E-state index in [0.717, 1.165) is 0 Å². The summed E-state index contributed by atoms with van der Waals surface area (Å²) >= 11 is 0. The third-order valence-electron chi connectivity index (χ3n) is 2.03. The van der Waals surface area contributed by atoms with Crippen LogP contribution in [0, 0.1) is 0 Å². The Morgan fingerprint density at radius 3 is 3.07 bits per heavy atom. The summed E-state index contributed by atoms with van der Waals surface area (Å²) in [5.74, 6) is -1.54. The number of ether oxygens (including phenoxy) is 1.